The third-order valence-electron chi connectivity index (χ3n) is 7.42. The van der Waals surface area contributed by atoms with Crippen molar-refractivity contribution in [3.05, 3.63) is 65.7 Å². The van der Waals surface area contributed by atoms with Crippen LogP contribution in [0.3, 0.4) is 0 Å². The number of likely N-dealkylation sites (tertiary alicyclic amines) is 1. The Morgan fingerprint density at radius 1 is 0.839 bits per heavy atom. The molecule has 2 heterocycles. The van der Waals surface area contributed by atoms with E-state index in [1.165, 1.54) is 11.3 Å². The SMILES string of the molecule is CC(=O)N1CCN(c2ccc(C3(C(=O)N4CCC(c5ccccc5)C4)CC3)cc2)CC1. The molecule has 2 aromatic carbocycles. The number of anilines is 1. The second kappa shape index (κ2) is 8.03. The lowest BCUT2D eigenvalue weighted by Gasteiger charge is -2.35. The van der Waals surface area contributed by atoms with Crippen LogP contribution in [0.2, 0.25) is 0 Å². The van der Waals surface area contributed by atoms with Crippen LogP contribution in [0.1, 0.15) is 43.2 Å². The van der Waals surface area contributed by atoms with Crippen LogP contribution in [0.25, 0.3) is 0 Å². The van der Waals surface area contributed by atoms with E-state index >= 15 is 0 Å². The summed E-state index contributed by atoms with van der Waals surface area (Å²) in [5, 5.41) is 0. The Balaban J connectivity index is 1.24. The smallest absolute Gasteiger partial charge is 0.233 e. The molecule has 2 amide bonds. The molecule has 3 aliphatic rings. The molecule has 0 radical (unpaired) electrons. The van der Waals surface area contributed by atoms with Gasteiger partial charge in [0, 0.05) is 57.8 Å². The van der Waals surface area contributed by atoms with Crippen molar-refractivity contribution in [3.8, 4) is 0 Å². The average Bonchev–Trinajstić information content (AvgIpc) is 3.48. The number of nitrogens with zero attached hydrogens (tertiary/aromatic N) is 3. The molecule has 1 atom stereocenters. The Labute approximate surface area is 184 Å². The molecule has 1 saturated carbocycles. The first-order valence-corrected chi connectivity index (χ1v) is 11.5. The van der Waals surface area contributed by atoms with Crippen molar-refractivity contribution < 1.29 is 9.59 Å². The Bertz CT molecular complexity index is 944. The van der Waals surface area contributed by atoms with Gasteiger partial charge < -0.3 is 14.7 Å². The van der Waals surface area contributed by atoms with Crippen LogP contribution in [0.4, 0.5) is 5.69 Å². The van der Waals surface area contributed by atoms with E-state index in [0.717, 1.165) is 64.1 Å². The lowest BCUT2D eigenvalue weighted by Crippen LogP contribution is -2.48. The van der Waals surface area contributed by atoms with Gasteiger partial charge in [0.25, 0.3) is 0 Å². The third-order valence-corrected chi connectivity index (χ3v) is 7.42. The molecule has 162 valence electrons. The Morgan fingerprint density at radius 2 is 1.52 bits per heavy atom. The fourth-order valence-corrected chi connectivity index (χ4v) is 5.27. The Hall–Kier alpha value is -2.82. The molecule has 2 aromatic rings. The maximum Gasteiger partial charge on any atom is 0.233 e. The molecule has 2 aliphatic heterocycles. The van der Waals surface area contributed by atoms with Gasteiger partial charge in [0.15, 0.2) is 0 Å². The molecule has 0 aromatic heterocycles. The van der Waals surface area contributed by atoms with Gasteiger partial charge in [-0.25, -0.2) is 0 Å². The van der Waals surface area contributed by atoms with Crippen LogP contribution < -0.4 is 4.90 Å². The molecule has 0 spiro atoms. The standard InChI is InChI=1S/C26H31N3O2/c1-20(30)27-15-17-28(18-16-27)24-9-7-23(8-10-24)26(12-13-26)25(31)29-14-11-22(19-29)21-5-3-2-4-6-21/h2-10,22H,11-19H2,1H3. The highest BCUT2D eigenvalue weighted by atomic mass is 16.2. The van der Waals surface area contributed by atoms with Crippen molar-refractivity contribution in [1.82, 2.24) is 9.80 Å². The van der Waals surface area contributed by atoms with E-state index < -0.39 is 0 Å². The molecular weight excluding hydrogens is 386 g/mol. The Morgan fingerprint density at radius 3 is 2.13 bits per heavy atom. The van der Waals surface area contributed by atoms with Gasteiger partial charge in [0.1, 0.15) is 0 Å². The van der Waals surface area contributed by atoms with E-state index in [0.29, 0.717) is 11.8 Å². The number of carbonyl (C=O) groups excluding carboxylic acids is 2. The minimum Gasteiger partial charge on any atom is -0.368 e. The summed E-state index contributed by atoms with van der Waals surface area (Å²) in [6.07, 6.45) is 2.96. The van der Waals surface area contributed by atoms with E-state index in [9.17, 15) is 9.59 Å². The van der Waals surface area contributed by atoms with Gasteiger partial charge in [-0.3, -0.25) is 9.59 Å². The molecule has 0 bridgehead atoms. The zero-order chi connectivity index (χ0) is 21.4. The zero-order valence-electron chi connectivity index (χ0n) is 18.3. The molecule has 1 aliphatic carbocycles. The summed E-state index contributed by atoms with van der Waals surface area (Å²) in [6.45, 7) is 6.60. The van der Waals surface area contributed by atoms with Gasteiger partial charge in [0.2, 0.25) is 11.8 Å². The van der Waals surface area contributed by atoms with Gasteiger partial charge in [-0.2, -0.15) is 0 Å². The van der Waals surface area contributed by atoms with E-state index in [4.69, 9.17) is 0 Å². The summed E-state index contributed by atoms with van der Waals surface area (Å²) < 4.78 is 0. The van der Waals surface area contributed by atoms with Crippen LogP contribution in [-0.4, -0.2) is 60.9 Å². The number of piperazine rings is 1. The van der Waals surface area contributed by atoms with Crippen molar-refractivity contribution in [3.63, 3.8) is 0 Å². The minimum atomic E-state index is -0.308. The first-order valence-electron chi connectivity index (χ1n) is 11.5. The van der Waals surface area contributed by atoms with E-state index in [1.807, 2.05) is 11.0 Å². The number of amides is 2. The van der Waals surface area contributed by atoms with Crippen molar-refractivity contribution >= 4 is 17.5 Å². The summed E-state index contributed by atoms with van der Waals surface area (Å²) in [6, 6.07) is 19.2. The van der Waals surface area contributed by atoms with Crippen LogP contribution in [-0.2, 0) is 15.0 Å². The number of benzene rings is 2. The Kier molecular flexibility index (Phi) is 5.20. The average molecular weight is 418 g/mol. The summed E-state index contributed by atoms with van der Waals surface area (Å²) >= 11 is 0. The highest BCUT2D eigenvalue weighted by Crippen LogP contribution is 2.50. The second-order valence-corrected chi connectivity index (χ2v) is 9.27. The normalized spacial score (nSPS) is 22.5. The monoisotopic (exact) mass is 417 g/mol. The largest absolute Gasteiger partial charge is 0.368 e. The third kappa shape index (κ3) is 3.82. The fourth-order valence-electron chi connectivity index (χ4n) is 5.27. The van der Waals surface area contributed by atoms with Crippen LogP contribution in [0.5, 0.6) is 0 Å². The topological polar surface area (TPSA) is 43.9 Å². The summed E-state index contributed by atoms with van der Waals surface area (Å²) in [5.74, 6) is 0.923. The summed E-state index contributed by atoms with van der Waals surface area (Å²) in [7, 11) is 0. The molecule has 3 fully saturated rings. The van der Waals surface area contributed by atoms with Gasteiger partial charge in [-0.1, -0.05) is 42.5 Å². The number of hydrogen-bond donors (Lipinski definition) is 0. The number of hydrogen-bond acceptors (Lipinski definition) is 3. The van der Waals surface area contributed by atoms with Gasteiger partial charge >= 0.3 is 0 Å². The van der Waals surface area contributed by atoms with Crippen LogP contribution in [0.15, 0.2) is 54.6 Å². The van der Waals surface area contributed by atoms with Crippen molar-refractivity contribution in [2.24, 2.45) is 0 Å². The molecule has 1 unspecified atom stereocenters. The molecule has 2 saturated heterocycles. The maximum atomic E-state index is 13.5. The predicted octanol–water partition coefficient (Wildman–Crippen LogP) is 3.40. The zero-order valence-corrected chi connectivity index (χ0v) is 18.3. The highest BCUT2D eigenvalue weighted by Gasteiger charge is 2.53. The van der Waals surface area contributed by atoms with Crippen molar-refractivity contribution in [2.75, 3.05) is 44.2 Å². The lowest BCUT2D eigenvalue weighted by atomic mass is 9.93. The first-order chi connectivity index (χ1) is 15.1. The number of carbonyl (C=O) groups is 2. The lowest BCUT2D eigenvalue weighted by molar-refractivity contribution is -0.133. The van der Waals surface area contributed by atoms with Gasteiger partial charge in [-0.05, 0) is 42.5 Å². The molecule has 31 heavy (non-hydrogen) atoms. The molecule has 5 nitrogen and oxygen atoms in total. The first kappa shape index (κ1) is 20.1. The second-order valence-electron chi connectivity index (χ2n) is 9.27. The van der Waals surface area contributed by atoms with Crippen molar-refractivity contribution in [1.29, 1.82) is 0 Å². The highest BCUT2D eigenvalue weighted by molar-refractivity contribution is 5.91. The summed E-state index contributed by atoms with van der Waals surface area (Å²) in [5.41, 5.74) is 3.38. The van der Waals surface area contributed by atoms with E-state index in [2.05, 4.69) is 58.3 Å². The quantitative estimate of drug-likeness (QED) is 0.766. The van der Waals surface area contributed by atoms with Crippen LogP contribution in [0, 0.1) is 0 Å². The molecular formula is C26H31N3O2. The number of rotatable bonds is 4. The maximum absolute atomic E-state index is 13.5. The molecule has 5 rings (SSSR count). The van der Waals surface area contributed by atoms with Crippen LogP contribution >= 0.6 is 0 Å². The predicted molar refractivity (Wildman–Crippen MR) is 122 cm³/mol. The van der Waals surface area contributed by atoms with Crippen molar-refractivity contribution in [2.45, 2.75) is 37.5 Å². The fraction of sp³-hybridized carbons (Fsp3) is 0.462. The molecule has 0 N–H and O–H groups in total. The van der Waals surface area contributed by atoms with E-state index in [-0.39, 0.29) is 11.3 Å². The minimum absolute atomic E-state index is 0.153. The molecule has 5 heteroatoms. The van der Waals surface area contributed by atoms with Gasteiger partial charge in [-0.15, -0.1) is 0 Å². The van der Waals surface area contributed by atoms with Gasteiger partial charge in [0.05, 0.1) is 5.41 Å². The summed E-state index contributed by atoms with van der Waals surface area (Å²) in [4.78, 5) is 31.4. The van der Waals surface area contributed by atoms with E-state index in [1.54, 1.807) is 6.92 Å².